The summed E-state index contributed by atoms with van der Waals surface area (Å²) in [6.07, 6.45) is 1.66. The van der Waals surface area contributed by atoms with E-state index in [1.165, 1.54) is 12.5 Å². The van der Waals surface area contributed by atoms with Crippen molar-refractivity contribution < 1.29 is 15.3 Å². The van der Waals surface area contributed by atoms with Crippen LogP contribution in [0.4, 0.5) is 0 Å². The van der Waals surface area contributed by atoms with Crippen LogP contribution in [-0.4, -0.2) is 49.6 Å². The van der Waals surface area contributed by atoms with Crippen molar-refractivity contribution in [2.24, 2.45) is 0 Å². The zero-order valence-electron chi connectivity index (χ0n) is 8.92. The minimum absolute atomic E-state index is 0.283. The molecule has 2 rings (SSSR count). The lowest BCUT2D eigenvalue weighted by Gasteiger charge is -2.17. The molecule has 0 fully saturated rings. The second-order valence-electron chi connectivity index (χ2n) is 3.74. The van der Waals surface area contributed by atoms with E-state index < -0.39 is 18.6 Å². The number of nitrogens with one attached hydrogen (secondary N) is 2. The Bertz CT molecular complexity index is 562. The first-order valence-corrected chi connectivity index (χ1v) is 5.13. The summed E-state index contributed by atoms with van der Waals surface area (Å²) in [6.45, 7) is -0.815. The molecule has 0 unspecified atom stereocenters. The van der Waals surface area contributed by atoms with E-state index in [4.69, 9.17) is 5.11 Å². The molecule has 2 aromatic rings. The Balaban J connectivity index is 2.55. The van der Waals surface area contributed by atoms with Gasteiger partial charge in [-0.1, -0.05) is 0 Å². The summed E-state index contributed by atoms with van der Waals surface area (Å²) in [7, 11) is 0. The second-order valence-corrected chi connectivity index (χ2v) is 3.74. The number of aliphatic hydroxyl groups is 3. The van der Waals surface area contributed by atoms with Crippen molar-refractivity contribution in [2.75, 3.05) is 13.2 Å². The molecule has 0 saturated carbocycles. The van der Waals surface area contributed by atoms with Crippen molar-refractivity contribution in [3.8, 4) is 0 Å². The molecular formula is C10H13N3O4. The van der Waals surface area contributed by atoms with Crippen molar-refractivity contribution in [1.82, 2.24) is 15.0 Å². The van der Waals surface area contributed by atoms with E-state index in [-0.39, 0.29) is 17.7 Å². The lowest BCUT2D eigenvalue weighted by atomic mass is 9.96. The predicted molar refractivity (Wildman–Crippen MR) is 59.6 cm³/mol. The molecule has 0 spiro atoms. The number of nitrogens with zero attached hydrogens (tertiary/aromatic N) is 1. The first kappa shape index (κ1) is 11.8. The number of hydrogen-bond acceptors (Lipinski definition) is 5. The van der Waals surface area contributed by atoms with E-state index in [0.717, 1.165) is 0 Å². The first-order chi connectivity index (χ1) is 8.19. The number of hydrogen-bond donors (Lipinski definition) is 5. The Morgan fingerprint density at radius 3 is 2.71 bits per heavy atom. The molecule has 2 atom stereocenters. The van der Waals surface area contributed by atoms with Gasteiger partial charge in [-0.25, -0.2) is 4.98 Å². The maximum absolute atomic E-state index is 11.4. The van der Waals surface area contributed by atoms with Crippen LogP contribution in [0.15, 0.2) is 17.3 Å². The molecule has 7 heteroatoms. The van der Waals surface area contributed by atoms with Crippen molar-refractivity contribution in [3.05, 3.63) is 28.4 Å². The van der Waals surface area contributed by atoms with Crippen LogP contribution in [0.1, 0.15) is 11.5 Å². The maximum Gasteiger partial charge on any atom is 0.275 e. The molecule has 0 saturated heterocycles. The Hall–Kier alpha value is -1.70. The summed E-state index contributed by atoms with van der Waals surface area (Å²) < 4.78 is 0. The van der Waals surface area contributed by atoms with Crippen molar-refractivity contribution in [2.45, 2.75) is 12.0 Å². The van der Waals surface area contributed by atoms with Crippen LogP contribution in [0, 0.1) is 0 Å². The first-order valence-electron chi connectivity index (χ1n) is 5.13. The number of aliphatic hydroxyl groups excluding tert-OH is 3. The summed E-state index contributed by atoms with van der Waals surface area (Å²) >= 11 is 0. The fourth-order valence-corrected chi connectivity index (χ4v) is 1.81. The predicted octanol–water partition coefficient (Wildman–Crippen LogP) is -1.32. The van der Waals surface area contributed by atoms with E-state index in [1.54, 1.807) is 0 Å². The van der Waals surface area contributed by atoms with E-state index >= 15 is 0 Å². The number of H-pyrrole nitrogens is 2. The molecule has 0 aliphatic rings. The topological polar surface area (TPSA) is 122 Å². The lowest BCUT2D eigenvalue weighted by Crippen LogP contribution is -2.25. The minimum Gasteiger partial charge on any atom is -0.396 e. The van der Waals surface area contributed by atoms with Crippen molar-refractivity contribution in [1.29, 1.82) is 0 Å². The van der Waals surface area contributed by atoms with Gasteiger partial charge in [0.25, 0.3) is 5.56 Å². The highest BCUT2D eigenvalue weighted by molar-refractivity contribution is 5.78. The number of fused-ring (bicyclic) bond motifs is 1. The normalized spacial score (nSPS) is 15.0. The zero-order valence-corrected chi connectivity index (χ0v) is 8.92. The van der Waals surface area contributed by atoms with Gasteiger partial charge in [-0.3, -0.25) is 4.79 Å². The molecule has 2 heterocycles. The van der Waals surface area contributed by atoms with E-state index in [9.17, 15) is 15.0 Å². The average Bonchev–Trinajstić information content (AvgIpc) is 2.75. The van der Waals surface area contributed by atoms with Crippen molar-refractivity contribution >= 4 is 11.0 Å². The van der Waals surface area contributed by atoms with Crippen LogP contribution < -0.4 is 5.56 Å². The summed E-state index contributed by atoms with van der Waals surface area (Å²) in [5.74, 6) is -0.678. The highest BCUT2D eigenvalue weighted by Crippen LogP contribution is 2.24. The molecule has 2 aromatic heterocycles. The van der Waals surface area contributed by atoms with Gasteiger partial charge in [-0.05, 0) is 0 Å². The third kappa shape index (κ3) is 1.95. The van der Waals surface area contributed by atoms with Gasteiger partial charge in [0.2, 0.25) is 0 Å². The van der Waals surface area contributed by atoms with E-state index in [0.29, 0.717) is 11.1 Å². The SMILES string of the molecule is O=c1[nH]cnc2c([C@H](CO)[C@H](O)CO)c[nH]c12. The molecule has 5 N–H and O–H groups in total. The van der Waals surface area contributed by atoms with Gasteiger partial charge in [-0.15, -0.1) is 0 Å². The Labute approximate surface area is 95.8 Å². The number of aromatic nitrogens is 3. The van der Waals surface area contributed by atoms with Crippen LogP contribution in [0.25, 0.3) is 11.0 Å². The van der Waals surface area contributed by atoms with E-state index in [1.807, 2.05) is 0 Å². The molecule has 0 amide bonds. The molecular weight excluding hydrogens is 226 g/mol. The average molecular weight is 239 g/mol. The van der Waals surface area contributed by atoms with Gasteiger partial charge in [0.15, 0.2) is 0 Å². The number of rotatable bonds is 4. The smallest absolute Gasteiger partial charge is 0.275 e. The van der Waals surface area contributed by atoms with Gasteiger partial charge in [-0.2, -0.15) is 0 Å². The monoisotopic (exact) mass is 239 g/mol. The fourth-order valence-electron chi connectivity index (χ4n) is 1.81. The molecule has 0 aliphatic heterocycles. The van der Waals surface area contributed by atoms with Crippen LogP contribution >= 0.6 is 0 Å². The van der Waals surface area contributed by atoms with Crippen LogP contribution in [0.3, 0.4) is 0 Å². The molecule has 17 heavy (non-hydrogen) atoms. The Morgan fingerprint density at radius 2 is 2.06 bits per heavy atom. The van der Waals surface area contributed by atoms with E-state index in [2.05, 4.69) is 15.0 Å². The molecule has 0 aromatic carbocycles. The maximum atomic E-state index is 11.4. The summed E-state index contributed by atoms with van der Waals surface area (Å²) in [5.41, 5.74) is 0.859. The zero-order chi connectivity index (χ0) is 12.4. The van der Waals surface area contributed by atoms with Crippen LogP contribution in [-0.2, 0) is 0 Å². The Morgan fingerprint density at radius 1 is 1.29 bits per heavy atom. The second kappa shape index (κ2) is 4.66. The Kier molecular flexibility index (Phi) is 3.23. The third-order valence-electron chi connectivity index (χ3n) is 2.75. The third-order valence-corrected chi connectivity index (χ3v) is 2.75. The fraction of sp³-hybridized carbons (Fsp3) is 0.400. The van der Waals surface area contributed by atoms with Gasteiger partial charge in [0.1, 0.15) is 5.52 Å². The quantitative estimate of drug-likeness (QED) is 0.453. The highest BCUT2D eigenvalue weighted by Gasteiger charge is 2.23. The van der Waals surface area contributed by atoms with Gasteiger partial charge < -0.3 is 25.3 Å². The van der Waals surface area contributed by atoms with Crippen LogP contribution in [0.2, 0.25) is 0 Å². The number of aromatic amines is 2. The highest BCUT2D eigenvalue weighted by atomic mass is 16.3. The van der Waals surface area contributed by atoms with Crippen LogP contribution in [0.5, 0.6) is 0 Å². The molecule has 92 valence electrons. The summed E-state index contributed by atoms with van der Waals surface area (Å²) in [6, 6.07) is 0. The minimum atomic E-state index is -1.10. The lowest BCUT2D eigenvalue weighted by molar-refractivity contribution is 0.0530. The standard InChI is InChI=1S/C10H13N3O4/c14-2-6(7(16)3-15)5-1-11-9-8(5)12-4-13-10(9)17/h1,4,6-7,11,14-16H,2-3H2,(H,12,13,17)/t6-,7+/m0/s1. The molecule has 7 nitrogen and oxygen atoms in total. The van der Waals surface area contributed by atoms with Gasteiger partial charge in [0.05, 0.1) is 31.2 Å². The van der Waals surface area contributed by atoms with Crippen molar-refractivity contribution in [3.63, 3.8) is 0 Å². The summed E-state index contributed by atoms with van der Waals surface area (Å²) in [4.78, 5) is 20.6. The largest absolute Gasteiger partial charge is 0.396 e. The van der Waals surface area contributed by atoms with Gasteiger partial charge >= 0.3 is 0 Å². The molecule has 0 bridgehead atoms. The molecule has 0 aliphatic carbocycles. The van der Waals surface area contributed by atoms with Gasteiger partial charge in [0, 0.05) is 17.7 Å². The summed E-state index contributed by atoms with van der Waals surface area (Å²) in [5, 5.41) is 27.7. The molecule has 0 radical (unpaired) electrons.